The zero-order valence-corrected chi connectivity index (χ0v) is 9.10. The van der Waals surface area contributed by atoms with Gasteiger partial charge in [0, 0.05) is 25.3 Å². The molecule has 1 aromatic carbocycles. The van der Waals surface area contributed by atoms with Crippen LogP contribution in [0.3, 0.4) is 0 Å². The third kappa shape index (κ3) is 2.05. The van der Waals surface area contributed by atoms with Gasteiger partial charge >= 0.3 is 6.18 Å². The van der Waals surface area contributed by atoms with Gasteiger partial charge in [0.2, 0.25) is 0 Å². The second-order valence-electron chi connectivity index (χ2n) is 4.06. The summed E-state index contributed by atoms with van der Waals surface area (Å²) in [5, 5.41) is 0. The lowest BCUT2D eigenvalue weighted by Crippen LogP contribution is -2.12. The lowest BCUT2D eigenvalue weighted by atomic mass is 10.1. The molecule has 0 saturated carbocycles. The Morgan fingerprint density at radius 3 is 2.25 bits per heavy atom. The molecule has 0 unspecified atom stereocenters. The van der Waals surface area contributed by atoms with E-state index in [1.54, 1.807) is 0 Å². The van der Waals surface area contributed by atoms with Crippen molar-refractivity contribution in [2.45, 2.75) is 12.6 Å². The minimum absolute atomic E-state index is 0.582. The molecule has 0 amide bonds. The van der Waals surface area contributed by atoms with E-state index >= 15 is 0 Å². The molecule has 1 aliphatic rings. The smallest absolute Gasteiger partial charge is 0.377 e. The van der Waals surface area contributed by atoms with Gasteiger partial charge < -0.3 is 4.90 Å². The van der Waals surface area contributed by atoms with E-state index in [-0.39, 0.29) is 0 Å². The molecule has 0 bridgehead atoms. The highest BCUT2D eigenvalue weighted by Gasteiger charge is 2.32. The Labute approximate surface area is 92.2 Å². The van der Waals surface area contributed by atoms with Crippen molar-refractivity contribution in [1.29, 1.82) is 0 Å². The number of rotatable bonds is 2. The quantitative estimate of drug-likeness (QED) is 0.746. The van der Waals surface area contributed by atoms with E-state index in [9.17, 15) is 13.2 Å². The highest BCUT2D eigenvalue weighted by Crippen LogP contribution is 2.40. The summed E-state index contributed by atoms with van der Waals surface area (Å²) in [4.78, 5) is 1.83. The number of anilines is 1. The third-order valence-electron chi connectivity index (χ3n) is 2.56. The van der Waals surface area contributed by atoms with Gasteiger partial charge in [0.05, 0.1) is 5.56 Å². The van der Waals surface area contributed by atoms with Crippen LogP contribution in [0, 0.1) is 0 Å². The van der Waals surface area contributed by atoms with Crippen LogP contribution >= 0.6 is 0 Å². The molecule has 4 heteroatoms. The summed E-state index contributed by atoms with van der Waals surface area (Å²) in [6, 6.07) is 3.88. The lowest BCUT2D eigenvalue weighted by Gasteiger charge is -2.18. The summed E-state index contributed by atoms with van der Waals surface area (Å²) in [5.41, 5.74) is 1.94. The van der Waals surface area contributed by atoms with Gasteiger partial charge in [0.1, 0.15) is 0 Å². The normalized spacial score (nSPS) is 14.7. The van der Waals surface area contributed by atoms with Crippen LogP contribution in [-0.2, 0) is 6.18 Å². The monoisotopic (exact) mass is 227 g/mol. The zero-order chi connectivity index (χ0) is 11.9. The molecule has 1 nitrogen and oxygen atoms in total. The Balaban J connectivity index is 2.48. The second kappa shape index (κ2) is 3.54. The maximum atomic E-state index is 12.6. The first-order valence-electron chi connectivity index (χ1n) is 4.97. The molecule has 0 heterocycles. The van der Waals surface area contributed by atoms with Crippen molar-refractivity contribution in [3.05, 3.63) is 35.4 Å². The summed E-state index contributed by atoms with van der Waals surface area (Å²) in [5.74, 6) is 0. The molecule has 1 aliphatic carbocycles. The minimum Gasteiger partial charge on any atom is -0.377 e. The highest BCUT2D eigenvalue weighted by molar-refractivity contribution is 5.85. The maximum Gasteiger partial charge on any atom is 0.416 e. The molecule has 0 fully saturated rings. The Morgan fingerprint density at radius 1 is 1.19 bits per heavy atom. The van der Waals surface area contributed by atoms with Gasteiger partial charge in [-0.1, -0.05) is 6.08 Å². The average Bonchev–Trinajstić information content (AvgIpc) is 2.98. The second-order valence-corrected chi connectivity index (χ2v) is 4.06. The molecule has 0 saturated heterocycles. The number of alkyl halides is 3. The third-order valence-corrected chi connectivity index (χ3v) is 2.56. The lowest BCUT2D eigenvalue weighted by molar-refractivity contribution is -0.137. The van der Waals surface area contributed by atoms with Crippen LogP contribution in [0.4, 0.5) is 18.9 Å². The highest BCUT2D eigenvalue weighted by atomic mass is 19.4. The molecule has 0 radical (unpaired) electrons. The van der Waals surface area contributed by atoms with E-state index in [1.807, 2.05) is 25.1 Å². The van der Waals surface area contributed by atoms with E-state index < -0.39 is 11.7 Å². The molecule has 0 aliphatic heterocycles. The van der Waals surface area contributed by atoms with E-state index in [0.29, 0.717) is 5.56 Å². The number of halogens is 3. The molecular weight excluding hydrogens is 215 g/mol. The molecule has 0 N–H and O–H groups in total. The van der Waals surface area contributed by atoms with Crippen LogP contribution in [0.2, 0.25) is 0 Å². The van der Waals surface area contributed by atoms with Crippen molar-refractivity contribution in [2.75, 3.05) is 19.0 Å². The first kappa shape index (κ1) is 11.0. The zero-order valence-electron chi connectivity index (χ0n) is 9.10. The summed E-state index contributed by atoms with van der Waals surface area (Å²) in [7, 11) is 3.66. The van der Waals surface area contributed by atoms with Crippen LogP contribution in [0.1, 0.15) is 17.5 Å². The predicted octanol–water partition coefficient (Wildman–Crippen LogP) is 3.56. The largest absolute Gasteiger partial charge is 0.416 e. The molecular formula is C12H12F3N. The molecule has 0 aromatic heterocycles. The fourth-order valence-electron chi connectivity index (χ4n) is 1.63. The van der Waals surface area contributed by atoms with Crippen molar-refractivity contribution in [3.8, 4) is 0 Å². The average molecular weight is 227 g/mol. The van der Waals surface area contributed by atoms with Crippen LogP contribution in [0.25, 0.3) is 5.57 Å². The van der Waals surface area contributed by atoms with Gasteiger partial charge in [-0.15, -0.1) is 0 Å². The van der Waals surface area contributed by atoms with Gasteiger partial charge in [0.15, 0.2) is 0 Å². The molecule has 86 valence electrons. The van der Waals surface area contributed by atoms with Crippen LogP contribution < -0.4 is 4.90 Å². The SMILES string of the molecule is CN(C)c1ccc(C(F)(F)F)cc1C1=CC1. The van der Waals surface area contributed by atoms with E-state index in [1.165, 1.54) is 12.1 Å². The molecule has 0 atom stereocenters. The van der Waals surface area contributed by atoms with Gasteiger partial charge in [-0.25, -0.2) is 0 Å². The maximum absolute atomic E-state index is 12.6. The van der Waals surface area contributed by atoms with Crippen molar-refractivity contribution in [1.82, 2.24) is 0 Å². The number of benzene rings is 1. The molecule has 1 aromatic rings. The van der Waals surface area contributed by atoms with Crippen LogP contribution in [0.5, 0.6) is 0 Å². The molecule has 2 rings (SSSR count). The Bertz CT molecular complexity index is 444. The molecule has 0 spiro atoms. The fourth-order valence-corrected chi connectivity index (χ4v) is 1.63. The van der Waals surface area contributed by atoms with Crippen molar-refractivity contribution in [2.24, 2.45) is 0 Å². The van der Waals surface area contributed by atoms with Crippen LogP contribution in [-0.4, -0.2) is 14.1 Å². The van der Waals surface area contributed by atoms with E-state index in [4.69, 9.17) is 0 Å². The first-order chi connectivity index (χ1) is 7.39. The number of hydrogen-bond acceptors (Lipinski definition) is 1. The Hall–Kier alpha value is -1.45. The predicted molar refractivity (Wildman–Crippen MR) is 58.4 cm³/mol. The molecule has 16 heavy (non-hydrogen) atoms. The minimum atomic E-state index is -4.27. The number of hydrogen-bond donors (Lipinski definition) is 0. The number of allylic oxidation sites excluding steroid dienone is 2. The topological polar surface area (TPSA) is 3.24 Å². The summed E-state index contributed by atoms with van der Waals surface area (Å²) in [6.07, 6.45) is -1.54. The summed E-state index contributed by atoms with van der Waals surface area (Å²) >= 11 is 0. The summed E-state index contributed by atoms with van der Waals surface area (Å²) in [6.45, 7) is 0. The van der Waals surface area contributed by atoms with Gasteiger partial charge in [-0.2, -0.15) is 13.2 Å². The van der Waals surface area contributed by atoms with E-state index in [2.05, 4.69) is 0 Å². The van der Waals surface area contributed by atoms with Gasteiger partial charge in [0.25, 0.3) is 0 Å². The Kier molecular flexibility index (Phi) is 2.45. The first-order valence-corrected chi connectivity index (χ1v) is 4.97. The fraction of sp³-hybridized carbons (Fsp3) is 0.333. The Morgan fingerprint density at radius 2 is 1.81 bits per heavy atom. The van der Waals surface area contributed by atoms with Gasteiger partial charge in [-0.3, -0.25) is 0 Å². The van der Waals surface area contributed by atoms with Crippen molar-refractivity contribution < 1.29 is 13.2 Å². The van der Waals surface area contributed by atoms with Gasteiger partial charge in [-0.05, 0) is 30.2 Å². The van der Waals surface area contributed by atoms with Crippen LogP contribution in [0.15, 0.2) is 24.3 Å². The van der Waals surface area contributed by atoms with Crippen molar-refractivity contribution in [3.63, 3.8) is 0 Å². The van der Waals surface area contributed by atoms with E-state index in [0.717, 1.165) is 23.7 Å². The summed E-state index contributed by atoms with van der Waals surface area (Å²) < 4.78 is 37.7. The van der Waals surface area contributed by atoms with Crippen molar-refractivity contribution >= 4 is 11.3 Å². The standard InChI is InChI=1S/C12H12F3N/c1-16(2)11-6-5-9(12(13,14)15)7-10(11)8-3-4-8/h3,5-7H,4H2,1-2H3. The number of nitrogens with zero attached hydrogens (tertiary/aromatic N) is 1.